The molecule has 2 aromatic rings. The van der Waals surface area contributed by atoms with Gasteiger partial charge in [0.1, 0.15) is 11.6 Å². The first kappa shape index (κ1) is 12.8. The van der Waals surface area contributed by atoms with E-state index in [9.17, 15) is 14.4 Å². The minimum Gasteiger partial charge on any atom is -0.480 e. The van der Waals surface area contributed by atoms with Crippen LogP contribution in [0.25, 0.3) is 5.52 Å². The maximum absolute atomic E-state index is 12.0. The van der Waals surface area contributed by atoms with Crippen molar-refractivity contribution < 1.29 is 14.7 Å². The van der Waals surface area contributed by atoms with Crippen molar-refractivity contribution in [2.24, 2.45) is 0 Å². The highest BCUT2D eigenvalue weighted by Crippen LogP contribution is 1.96. The van der Waals surface area contributed by atoms with Crippen LogP contribution in [-0.4, -0.2) is 37.2 Å². The van der Waals surface area contributed by atoms with Crippen molar-refractivity contribution in [1.82, 2.24) is 19.5 Å². The molecular formula is C11H12N4O4. The second-order valence-corrected chi connectivity index (χ2v) is 4.01. The van der Waals surface area contributed by atoms with Gasteiger partial charge in [0, 0.05) is 19.3 Å². The molecule has 19 heavy (non-hydrogen) atoms. The van der Waals surface area contributed by atoms with E-state index in [4.69, 9.17) is 5.11 Å². The molecule has 1 amide bonds. The molecule has 0 spiro atoms. The monoisotopic (exact) mass is 264 g/mol. The van der Waals surface area contributed by atoms with E-state index in [1.807, 2.05) is 0 Å². The van der Waals surface area contributed by atoms with Crippen LogP contribution in [0.4, 0.5) is 0 Å². The SMILES string of the molecule is CC(=O)NC(Cn1ccn2nccc2c1=O)C(=O)O. The number of aliphatic carboxylic acids is 1. The van der Waals surface area contributed by atoms with Gasteiger partial charge in [-0.2, -0.15) is 5.10 Å². The van der Waals surface area contributed by atoms with Gasteiger partial charge >= 0.3 is 5.97 Å². The van der Waals surface area contributed by atoms with E-state index in [1.165, 1.54) is 34.5 Å². The standard InChI is InChI=1S/C11H12N4O4/c1-7(16)13-8(11(18)19)6-14-4-5-15-9(10(14)17)2-3-12-15/h2-5,8H,6H2,1H3,(H,13,16)(H,18,19). The maximum Gasteiger partial charge on any atom is 0.328 e. The summed E-state index contributed by atoms with van der Waals surface area (Å²) in [6.45, 7) is 1.08. The van der Waals surface area contributed by atoms with Gasteiger partial charge in [-0.3, -0.25) is 9.59 Å². The number of rotatable bonds is 4. The van der Waals surface area contributed by atoms with Gasteiger partial charge in [-0.1, -0.05) is 0 Å². The van der Waals surface area contributed by atoms with Crippen molar-refractivity contribution in [3.8, 4) is 0 Å². The van der Waals surface area contributed by atoms with Crippen LogP contribution >= 0.6 is 0 Å². The molecule has 8 heteroatoms. The van der Waals surface area contributed by atoms with Gasteiger partial charge in [0.15, 0.2) is 0 Å². The van der Waals surface area contributed by atoms with E-state index in [0.29, 0.717) is 5.52 Å². The fourth-order valence-corrected chi connectivity index (χ4v) is 1.73. The summed E-state index contributed by atoms with van der Waals surface area (Å²) >= 11 is 0. The Bertz CT molecular complexity index is 687. The Hall–Kier alpha value is -2.64. The molecule has 100 valence electrons. The number of nitrogens with zero attached hydrogens (tertiary/aromatic N) is 3. The van der Waals surface area contributed by atoms with Crippen molar-refractivity contribution in [3.63, 3.8) is 0 Å². The highest BCUT2D eigenvalue weighted by molar-refractivity contribution is 5.81. The molecule has 0 aromatic carbocycles. The summed E-state index contributed by atoms with van der Waals surface area (Å²) in [4.78, 5) is 34.0. The van der Waals surface area contributed by atoms with Crippen molar-refractivity contribution in [1.29, 1.82) is 0 Å². The van der Waals surface area contributed by atoms with Crippen LogP contribution < -0.4 is 10.9 Å². The summed E-state index contributed by atoms with van der Waals surface area (Å²) < 4.78 is 2.62. The molecule has 0 aliphatic rings. The molecule has 0 radical (unpaired) electrons. The van der Waals surface area contributed by atoms with E-state index in [2.05, 4.69) is 10.4 Å². The first-order valence-corrected chi connectivity index (χ1v) is 5.51. The molecular weight excluding hydrogens is 252 g/mol. The van der Waals surface area contributed by atoms with Crippen LogP contribution in [0.15, 0.2) is 29.5 Å². The smallest absolute Gasteiger partial charge is 0.328 e. The van der Waals surface area contributed by atoms with Crippen molar-refractivity contribution in [2.75, 3.05) is 0 Å². The fourth-order valence-electron chi connectivity index (χ4n) is 1.73. The molecule has 0 aliphatic carbocycles. The fraction of sp³-hybridized carbons (Fsp3) is 0.273. The molecule has 1 atom stereocenters. The minimum absolute atomic E-state index is 0.143. The number of carboxylic acid groups (broad SMARTS) is 1. The largest absolute Gasteiger partial charge is 0.480 e. The van der Waals surface area contributed by atoms with Gasteiger partial charge in [-0.25, -0.2) is 9.31 Å². The van der Waals surface area contributed by atoms with Gasteiger partial charge in [0.2, 0.25) is 5.91 Å². The van der Waals surface area contributed by atoms with Gasteiger partial charge in [0.25, 0.3) is 5.56 Å². The van der Waals surface area contributed by atoms with Gasteiger partial charge in [-0.15, -0.1) is 0 Å². The predicted molar refractivity (Wildman–Crippen MR) is 64.7 cm³/mol. The van der Waals surface area contributed by atoms with Gasteiger partial charge in [-0.05, 0) is 6.07 Å². The van der Waals surface area contributed by atoms with Crippen LogP contribution in [-0.2, 0) is 16.1 Å². The Morgan fingerprint density at radius 1 is 1.47 bits per heavy atom. The van der Waals surface area contributed by atoms with Gasteiger partial charge in [0.05, 0.1) is 12.7 Å². The second-order valence-electron chi connectivity index (χ2n) is 4.01. The number of carboxylic acids is 1. The van der Waals surface area contributed by atoms with Crippen LogP contribution in [0, 0.1) is 0 Å². The predicted octanol–water partition coefficient (Wildman–Crippen LogP) is -0.915. The molecule has 0 fully saturated rings. The third-order valence-corrected chi connectivity index (χ3v) is 2.59. The molecule has 1 unspecified atom stereocenters. The molecule has 0 saturated carbocycles. The number of fused-ring (bicyclic) bond motifs is 1. The minimum atomic E-state index is -1.20. The third-order valence-electron chi connectivity index (χ3n) is 2.59. The zero-order valence-electron chi connectivity index (χ0n) is 10.1. The summed E-state index contributed by atoms with van der Waals surface area (Å²) in [5.41, 5.74) is -0.0222. The average molecular weight is 264 g/mol. The van der Waals surface area contributed by atoms with E-state index >= 15 is 0 Å². The first-order chi connectivity index (χ1) is 8.99. The van der Waals surface area contributed by atoms with Crippen molar-refractivity contribution >= 4 is 17.4 Å². The number of hydrogen-bond acceptors (Lipinski definition) is 4. The highest BCUT2D eigenvalue weighted by Gasteiger charge is 2.19. The third kappa shape index (κ3) is 2.62. The summed E-state index contributed by atoms with van der Waals surface area (Å²) in [6, 6.07) is 0.382. The molecule has 2 heterocycles. The number of nitrogens with one attached hydrogen (secondary N) is 1. The topological polar surface area (TPSA) is 106 Å². The zero-order chi connectivity index (χ0) is 14.0. The first-order valence-electron chi connectivity index (χ1n) is 5.51. The van der Waals surface area contributed by atoms with Crippen LogP contribution in [0.3, 0.4) is 0 Å². The molecule has 0 bridgehead atoms. The zero-order valence-corrected chi connectivity index (χ0v) is 10.1. The van der Waals surface area contributed by atoms with Crippen molar-refractivity contribution in [2.45, 2.75) is 19.5 Å². The van der Waals surface area contributed by atoms with E-state index in [0.717, 1.165) is 0 Å². The quantitative estimate of drug-likeness (QED) is 0.743. The van der Waals surface area contributed by atoms with Crippen molar-refractivity contribution in [3.05, 3.63) is 35.0 Å². The molecule has 0 saturated heterocycles. The highest BCUT2D eigenvalue weighted by atomic mass is 16.4. The van der Waals surface area contributed by atoms with E-state index in [-0.39, 0.29) is 12.1 Å². The van der Waals surface area contributed by atoms with Crippen LogP contribution in [0.2, 0.25) is 0 Å². The molecule has 8 nitrogen and oxygen atoms in total. The second kappa shape index (κ2) is 4.92. The van der Waals surface area contributed by atoms with Gasteiger partial charge < -0.3 is 15.0 Å². The normalized spacial score (nSPS) is 12.3. The number of carbonyl (C=O) groups excluding carboxylic acids is 1. The molecule has 2 aromatic heterocycles. The summed E-state index contributed by atoms with van der Waals surface area (Å²) in [6.07, 6.45) is 4.45. The Labute approximate surface area is 107 Å². The summed E-state index contributed by atoms with van der Waals surface area (Å²) in [7, 11) is 0. The Kier molecular flexibility index (Phi) is 3.32. The Balaban J connectivity index is 2.33. The number of amides is 1. The lowest BCUT2D eigenvalue weighted by Gasteiger charge is -2.14. The number of carbonyl (C=O) groups is 2. The van der Waals surface area contributed by atoms with Crippen LogP contribution in [0.1, 0.15) is 6.92 Å². The van der Waals surface area contributed by atoms with E-state index in [1.54, 1.807) is 6.20 Å². The number of aromatic nitrogens is 3. The van der Waals surface area contributed by atoms with Crippen LogP contribution in [0.5, 0.6) is 0 Å². The van der Waals surface area contributed by atoms with E-state index < -0.39 is 17.9 Å². The average Bonchev–Trinajstić information content (AvgIpc) is 2.79. The molecule has 2 rings (SSSR count). The molecule has 2 N–H and O–H groups in total. The summed E-state index contributed by atoms with van der Waals surface area (Å²) in [5.74, 6) is -1.67. The molecule has 0 aliphatic heterocycles. The Morgan fingerprint density at radius 2 is 2.21 bits per heavy atom. The lowest BCUT2D eigenvalue weighted by molar-refractivity contribution is -0.141. The summed E-state index contributed by atoms with van der Waals surface area (Å²) in [5, 5.41) is 15.2. The lowest BCUT2D eigenvalue weighted by Crippen LogP contribution is -2.44. The lowest BCUT2D eigenvalue weighted by atomic mass is 10.3. The maximum atomic E-state index is 12.0. The number of hydrogen-bond donors (Lipinski definition) is 2. The Morgan fingerprint density at radius 3 is 2.84 bits per heavy atom.